The molecule has 0 rings (SSSR count). The van der Waals surface area contributed by atoms with Crippen molar-refractivity contribution >= 4 is 6.21 Å². The molecule has 0 heterocycles. The van der Waals surface area contributed by atoms with Gasteiger partial charge in [-0.3, -0.25) is 4.99 Å². The third-order valence-corrected chi connectivity index (χ3v) is 1.41. The molecule has 0 aliphatic rings. The molecule has 0 aromatic rings. The van der Waals surface area contributed by atoms with Crippen molar-refractivity contribution in [3.63, 3.8) is 0 Å². The fourth-order valence-corrected chi connectivity index (χ4v) is 0.491. The first kappa shape index (κ1) is 10.2. The van der Waals surface area contributed by atoms with E-state index in [0.717, 1.165) is 18.5 Å². The average Bonchev–Trinajstić information content (AvgIpc) is 1.97. The Morgan fingerprint density at radius 3 is 2.64 bits per heavy atom. The summed E-state index contributed by atoms with van der Waals surface area (Å²) in [6.07, 6.45) is 5.80. The molecule has 0 amide bonds. The van der Waals surface area contributed by atoms with E-state index >= 15 is 0 Å². The van der Waals surface area contributed by atoms with E-state index in [9.17, 15) is 0 Å². The van der Waals surface area contributed by atoms with Crippen LogP contribution in [0.1, 0.15) is 33.6 Å². The second-order valence-corrected chi connectivity index (χ2v) is 2.90. The highest BCUT2D eigenvalue weighted by Crippen LogP contribution is 2.01. The van der Waals surface area contributed by atoms with Gasteiger partial charge in [-0.15, -0.1) is 0 Å². The van der Waals surface area contributed by atoms with Gasteiger partial charge in [0.15, 0.2) is 0 Å². The van der Waals surface area contributed by atoms with Gasteiger partial charge in [0.2, 0.25) is 0 Å². The van der Waals surface area contributed by atoms with E-state index in [2.05, 4.69) is 25.8 Å². The summed E-state index contributed by atoms with van der Waals surface area (Å²) in [6.45, 7) is 6.24. The van der Waals surface area contributed by atoms with Crippen LogP contribution in [0, 0.1) is 5.92 Å². The van der Waals surface area contributed by atoms with Crippen molar-refractivity contribution in [1.82, 2.24) is 0 Å². The monoisotopic (exact) mass is 154 g/mol. The van der Waals surface area contributed by atoms with Gasteiger partial charge < -0.3 is 5.73 Å². The van der Waals surface area contributed by atoms with Gasteiger partial charge >= 0.3 is 0 Å². The molecule has 0 radical (unpaired) electrons. The summed E-state index contributed by atoms with van der Waals surface area (Å²) in [5.74, 6) is 0.397. The number of nitrogens with zero attached hydrogens (tertiary/aromatic N) is 1. The number of allylic oxidation sites excluding steroid dienone is 1. The lowest BCUT2D eigenvalue weighted by Crippen LogP contribution is -2.03. The summed E-state index contributed by atoms with van der Waals surface area (Å²) in [4.78, 5) is 4.07. The smallest absolute Gasteiger partial charge is 0.0454 e. The maximum Gasteiger partial charge on any atom is 0.0454 e. The summed E-state index contributed by atoms with van der Waals surface area (Å²) in [6, 6.07) is 0. The van der Waals surface area contributed by atoms with Gasteiger partial charge in [0.25, 0.3) is 0 Å². The number of aliphatic imine (C=N–C) groups is 1. The lowest BCUT2D eigenvalue weighted by Gasteiger charge is -2.00. The number of rotatable bonds is 4. The van der Waals surface area contributed by atoms with E-state index in [4.69, 9.17) is 5.73 Å². The molecule has 0 aliphatic carbocycles. The van der Waals surface area contributed by atoms with Crippen LogP contribution >= 0.6 is 0 Å². The first-order chi connectivity index (χ1) is 5.18. The molecular formula is C9H18N2. The highest BCUT2D eigenvalue weighted by atomic mass is 14.7. The molecule has 0 aromatic carbocycles. The van der Waals surface area contributed by atoms with Crippen molar-refractivity contribution < 1.29 is 0 Å². The zero-order valence-electron chi connectivity index (χ0n) is 7.67. The summed E-state index contributed by atoms with van der Waals surface area (Å²) in [7, 11) is 0. The second kappa shape index (κ2) is 5.96. The van der Waals surface area contributed by atoms with E-state index in [1.165, 1.54) is 0 Å². The van der Waals surface area contributed by atoms with Crippen LogP contribution in [-0.2, 0) is 0 Å². The zero-order chi connectivity index (χ0) is 8.69. The normalized spacial score (nSPS) is 13.3. The Kier molecular flexibility index (Phi) is 5.53. The Labute approximate surface area is 69.2 Å². The molecule has 0 atom stereocenters. The maximum atomic E-state index is 5.65. The predicted molar refractivity (Wildman–Crippen MR) is 50.5 cm³/mol. The molecule has 2 heteroatoms. The van der Waals surface area contributed by atoms with Crippen LogP contribution in [-0.4, -0.2) is 6.21 Å². The van der Waals surface area contributed by atoms with Crippen LogP contribution in [0.3, 0.4) is 0 Å². The van der Waals surface area contributed by atoms with Gasteiger partial charge in [0.1, 0.15) is 0 Å². The molecule has 0 aromatic heterocycles. The number of unbranched alkanes of at least 4 members (excludes halogenated alkanes) is 1. The first-order valence-electron chi connectivity index (χ1n) is 4.15. The SMILES string of the molecule is CCCC=N/C=C(\N)C(C)C. The molecule has 11 heavy (non-hydrogen) atoms. The van der Waals surface area contributed by atoms with Gasteiger partial charge in [0.05, 0.1) is 0 Å². The topological polar surface area (TPSA) is 38.4 Å². The molecule has 0 aliphatic heterocycles. The Morgan fingerprint density at radius 1 is 1.55 bits per heavy atom. The second-order valence-electron chi connectivity index (χ2n) is 2.90. The summed E-state index contributed by atoms with van der Waals surface area (Å²) < 4.78 is 0. The van der Waals surface area contributed by atoms with Crippen molar-refractivity contribution in [2.75, 3.05) is 0 Å². The standard InChI is InChI=1S/C9H18N2/c1-4-5-6-11-7-9(10)8(2)3/h6-8H,4-5,10H2,1-3H3/b9-7-,11-6?. The van der Waals surface area contributed by atoms with Crippen LogP contribution in [0.5, 0.6) is 0 Å². The Morgan fingerprint density at radius 2 is 2.18 bits per heavy atom. The molecule has 0 saturated heterocycles. The Hall–Kier alpha value is -0.790. The summed E-state index contributed by atoms with van der Waals surface area (Å²) in [5.41, 5.74) is 6.49. The molecule has 2 nitrogen and oxygen atoms in total. The average molecular weight is 154 g/mol. The molecule has 0 unspecified atom stereocenters. The van der Waals surface area contributed by atoms with Gasteiger partial charge in [-0.1, -0.05) is 27.2 Å². The lowest BCUT2D eigenvalue weighted by molar-refractivity contribution is 0.754. The number of nitrogens with two attached hydrogens (primary N) is 1. The fourth-order valence-electron chi connectivity index (χ4n) is 0.491. The van der Waals surface area contributed by atoms with Crippen molar-refractivity contribution in [3.8, 4) is 0 Å². The van der Waals surface area contributed by atoms with Crippen LogP contribution < -0.4 is 5.73 Å². The van der Waals surface area contributed by atoms with Crippen molar-refractivity contribution in [3.05, 3.63) is 11.9 Å². The summed E-state index contributed by atoms with van der Waals surface area (Å²) in [5, 5.41) is 0. The van der Waals surface area contributed by atoms with Gasteiger partial charge in [-0.2, -0.15) is 0 Å². The van der Waals surface area contributed by atoms with Crippen LogP contribution in [0.2, 0.25) is 0 Å². The van der Waals surface area contributed by atoms with Gasteiger partial charge in [0, 0.05) is 18.1 Å². The lowest BCUT2D eigenvalue weighted by atomic mass is 10.2. The molecule has 64 valence electrons. The number of hydrogen-bond donors (Lipinski definition) is 1. The molecule has 0 fully saturated rings. The fraction of sp³-hybridized carbons (Fsp3) is 0.667. The Bertz CT molecular complexity index is 146. The van der Waals surface area contributed by atoms with Gasteiger partial charge in [-0.25, -0.2) is 0 Å². The highest BCUT2D eigenvalue weighted by molar-refractivity contribution is 5.57. The maximum absolute atomic E-state index is 5.65. The zero-order valence-corrected chi connectivity index (χ0v) is 7.67. The molecule has 0 bridgehead atoms. The van der Waals surface area contributed by atoms with E-state index in [1.807, 2.05) is 6.21 Å². The van der Waals surface area contributed by atoms with E-state index in [0.29, 0.717) is 5.92 Å². The van der Waals surface area contributed by atoms with Crippen molar-refractivity contribution in [1.29, 1.82) is 0 Å². The van der Waals surface area contributed by atoms with Gasteiger partial charge in [-0.05, 0) is 12.3 Å². The highest BCUT2D eigenvalue weighted by Gasteiger charge is 1.93. The molecule has 2 N–H and O–H groups in total. The Balaban J connectivity index is 3.72. The third-order valence-electron chi connectivity index (χ3n) is 1.41. The minimum atomic E-state index is 0.397. The summed E-state index contributed by atoms with van der Waals surface area (Å²) >= 11 is 0. The predicted octanol–water partition coefficient (Wildman–Crippen LogP) is 2.31. The van der Waals surface area contributed by atoms with Crippen molar-refractivity contribution in [2.45, 2.75) is 33.6 Å². The van der Waals surface area contributed by atoms with E-state index in [1.54, 1.807) is 6.20 Å². The van der Waals surface area contributed by atoms with Crippen molar-refractivity contribution in [2.24, 2.45) is 16.6 Å². The minimum Gasteiger partial charge on any atom is -0.401 e. The quantitative estimate of drug-likeness (QED) is 0.620. The van der Waals surface area contributed by atoms with E-state index in [-0.39, 0.29) is 0 Å². The third kappa shape index (κ3) is 5.64. The first-order valence-corrected chi connectivity index (χ1v) is 4.15. The molecule has 0 saturated carbocycles. The number of hydrogen-bond acceptors (Lipinski definition) is 2. The minimum absolute atomic E-state index is 0.397. The largest absolute Gasteiger partial charge is 0.401 e. The van der Waals surface area contributed by atoms with Crippen LogP contribution in [0.15, 0.2) is 16.9 Å². The molecule has 0 spiro atoms. The van der Waals surface area contributed by atoms with Crippen LogP contribution in [0.25, 0.3) is 0 Å². The molecular weight excluding hydrogens is 136 g/mol. The van der Waals surface area contributed by atoms with Crippen LogP contribution in [0.4, 0.5) is 0 Å². The van der Waals surface area contributed by atoms with E-state index < -0.39 is 0 Å².